The van der Waals surface area contributed by atoms with Crippen LogP contribution in [0, 0.1) is 11.6 Å². The predicted octanol–water partition coefficient (Wildman–Crippen LogP) is 4.85. The van der Waals surface area contributed by atoms with Gasteiger partial charge in [0.2, 0.25) is 0 Å². The van der Waals surface area contributed by atoms with E-state index in [2.05, 4.69) is 23.8 Å². The van der Waals surface area contributed by atoms with Crippen LogP contribution >= 0.6 is 0 Å². The van der Waals surface area contributed by atoms with E-state index in [-0.39, 0.29) is 29.5 Å². The number of carbonyl (C=O) groups excluding carboxylic acids is 1. The van der Waals surface area contributed by atoms with Crippen molar-refractivity contribution in [3.8, 4) is 0 Å². The molecule has 3 aromatic rings. The molecule has 1 fully saturated rings. The summed E-state index contributed by atoms with van der Waals surface area (Å²) >= 11 is 0. The SMILES string of the molecule is CCn1nc(C(C)C)cc1C(=O)N1CCN(C(c2ccc(F)cc2)c2ccc(F)cc2)CC1. The van der Waals surface area contributed by atoms with Crippen LogP contribution in [0.5, 0.6) is 0 Å². The Morgan fingerprint density at radius 3 is 1.88 bits per heavy atom. The predicted molar refractivity (Wildman–Crippen MR) is 124 cm³/mol. The smallest absolute Gasteiger partial charge is 0.272 e. The fraction of sp³-hybridized carbons (Fsp3) is 0.385. The fourth-order valence-corrected chi connectivity index (χ4v) is 4.38. The molecule has 0 saturated carbocycles. The van der Waals surface area contributed by atoms with Crippen molar-refractivity contribution < 1.29 is 13.6 Å². The summed E-state index contributed by atoms with van der Waals surface area (Å²) in [5, 5.41) is 4.58. The van der Waals surface area contributed by atoms with Crippen LogP contribution in [0.1, 0.15) is 60.0 Å². The zero-order valence-electron chi connectivity index (χ0n) is 19.3. The minimum Gasteiger partial charge on any atom is -0.335 e. The lowest BCUT2D eigenvalue weighted by molar-refractivity contribution is 0.0585. The Bertz CT molecular complexity index is 1040. The van der Waals surface area contributed by atoms with Crippen molar-refractivity contribution in [2.45, 2.75) is 39.3 Å². The van der Waals surface area contributed by atoms with Crippen LogP contribution in [-0.4, -0.2) is 51.7 Å². The lowest BCUT2D eigenvalue weighted by atomic mass is 9.96. The molecule has 33 heavy (non-hydrogen) atoms. The highest BCUT2D eigenvalue weighted by Gasteiger charge is 2.30. The number of amides is 1. The number of aryl methyl sites for hydroxylation is 1. The van der Waals surface area contributed by atoms with E-state index in [1.54, 1.807) is 28.9 Å². The second kappa shape index (κ2) is 9.83. The average Bonchev–Trinajstić information content (AvgIpc) is 3.27. The molecular weight excluding hydrogens is 422 g/mol. The van der Waals surface area contributed by atoms with E-state index >= 15 is 0 Å². The normalized spacial score (nSPS) is 14.9. The third kappa shape index (κ3) is 4.98. The van der Waals surface area contributed by atoms with E-state index in [0.717, 1.165) is 16.8 Å². The third-order valence-corrected chi connectivity index (χ3v) is 6.25. The van der Waals surface area contributed by atoms with Gasteiger partial charge in [-0.1, -0.05) is 38.1 Å². The van der Waals surface area contributed by atoms with Crippen LogP contribution in [0.3, 0.4) is 0 Å². The van der Waals surface area contributed by atoms with E-state index in [0.29, 0.717) is 38.4 Å². The van der Waals surface area contributed by atoms with Gasteiger partial charge in [0.15, 0.2) is 0 Å². The van der Waals surface area contributed by atoms with Gasteiger partial charge < -0.3 is 4.90 Å². The number of nitrogens with zero attached hydrogens (tertiary/aromatic N) is 4. The van der Waals surface area contributed by atoms with Crippen molar-refractivity contribution in [1.82, 2.24) is 19.6 Å². The zero-order valence-corrected chi connectivity index (χ0v) is 19.3. The van der Waals surface area contributed by atoms with E-state index in [4.69, 9.17) is 0 Å². The second-order valence-corrected chi connectivity index (χ2v) is 8.76. The first-order chi connectivity index (χ1) is 15.9. The van der Waals surface area contributed by atoms with Gasteiger partial charge in [0.25, 0.3) is 5.91 Å². The quantitative estimate of drug-likeness (QED) is 0.537. The van der Waals surface area contributed by atoms with E-state index in [9.17, 15) is 13.6 Å². The number of piperazine rings is 1. The van der Waals surface area contributed by atoms with Gasteiger partial charge >= 0.3 is 0 Å². The highest BCUT2D eigenvalue weighted by molar-refractivity contribution is 5.92. The molecule has 1 aromatic heterocycles. The maximum absolute atomic E-state index is 13.5. The van der Waals surface area contributed by atoms with Gasteiger partial charge in [-0.25, -0.2) is 8.78 Å². The molecule has 0 N–H and O–H groups in total. The van der Waals surface area contributed by atoms with Crippen LogP contribution < -0.4 is 0 Å². The molecular formula is C26H30F2N4O. The molecule has 2 aromatic carbocycles. The highest BCUT2D eigenvalue weighted by atomic mass is 19.1. The maximum atomic E-state index is 13.5. The first-order valence-electron chi connectivity index (χ1n) is 11.5. The molecule has 1 aliphatic heterocycles. The first-order valence-corrected chi connectivity index (χ1v) is 11.5. The van der Waals surface area contributed by atoms with Crippen molar-refractivity contribution in [1.29, 1.82) is 0 Å². The molecule has 5 nitrogen and oxygen atoms in total. The van der Waals surface area contributed by atoms with Crippen molar-refractivity contribution >= 4 is 5.91 Å². The Morgan fingerprint density at radius 2 is 1.42 bits per heavy atom. The Balaban J connectivity index is 1.53. The van der Waals surface area contributed by atoms with Crippen molar-refractivity contribution in [2.75, 3.05) is 26.2 Å². The van der Waals surface area contributed by atoms with Crippen molar-refractivity contribution in [2.24, 2.45) is 0 Å². The van der Waals surface area contributed by atoms with Crippen molar-refractivity contribution in [3.05, 3.63) is 88.7 Å². The summed E-state index contributed by atoms with van der Waals surface area (Å²) in [6, 6.07) is 14.6. The molecule has 1 aliphatic rings. The minimum atomic E-state index is -0.291. The monoisotopic (exact) mass is 452 g/mol. The second-order valence-electron chi connectivity index (χ2n) is 8.76. The Hall–Kier alpha value is -3.06. The van der Waals surface area contributed by atoms with Crippen LogP contribution in [0.2, 0.25) is 0 Å². The van der Waals surface area contributed by atoms with E-state index in [1.807, 2.05) is 17.9 Å². The van der Waals surface area contributed by atoms with Gasteiger partial charge in [0.05, 0.1) is 11.7 Å². The Morgan fingerprint density at radius 1 is 0.909 bits per heavy atom. The zero-order chi connectivity index (χ0) is 23.5. The third-order valence-electron chi connectivity index (χ3n) is 6.25. The first kappa shape index (κ1) is 23.1. The van der Waals surface area contributed by atoms with Gasteiger partial charge in [-0.05, 0) is 54.3 Å². The average molecular weight is 453 g/mol. The number of carbonyl (C=O) groups is 1. The van der Waals surface area contributed by atoms with Gasteiger partial charge in [0.1, 0.15) is 17.3 Å². The van der Waals surface area contributed by atoms with Crippen molar-refractivity contribution in [3.63, 3.8) is 0 Å². The van der Waals surface area contributed by atoms with Crippen LogP contribution in [-0.2, 0) is 6.54 Å². The summed E-state index contributed by atoms with van der Waals surface area (Å²) in [6.07, 6.45) is 0. The number of rotatable bonds is 6. The minimum absolute atomic E-state index is 0.00369. The molecule has 1 amide bonds. The molecule has 4 rings (SSSR count). The number of aromatic nitrogens is 2. The maximum Gasteiger partial charge on any atom is 0.272 e. The standard InChI is InChI=1S/C26H30F2N4O/c1-4-32-24(17-23(29-32)18(2)3)26(33)31-15-13-30(14-16-31)25(19-5-9-21(27)10-6-19)20-7-11-22(28)12-8-20/h5-12,17-18,25H,4,13-16H2,1-3H3. The highest BCUT2D eigenvalue weighted by Crippen LogP contribution is 2.30. The molecule has 0 aliphatic carbocycles. The summed E-state index contributed by atoms with van der Waals surface area (Å²) in [5.74, 6) is -0.329. The largest absolute Gasteiger partial charge is 0.335 e. The van der Waals surface area contributed by atoms with Gasteiger partial charge in [-0.15, -0.1) is 0 Å². The summed E-state index contributed by atoms with van der Waals surface area (Å²) in [7, 11) is 0. The summed E-state index contributed by atoms with van der Waals surface area (Å²) in [6.45, 7) is 9.23. The number of hydrogen-bond acceptors (Lipinski definition) is 3. The summed E-state index contributed by atoms with van der Waals surface area (Å²) in [5.41, 5.74) is 3.43. The van der Waals surface area contributed by atoms with E-state index < -0.39 is 0 Å². The lowest BCUT2D eigenvalue weighted by Gasteiger charge is -2.39. The summed E-state index contributed by atoms with van der Waals surface area (Å²) < 4.78 is 28.9. The Kier molecular flexibility index (Phi) is 6.88. The Labute approximate surface area is 193 Å². The van der Waals surface area contributed by atoms with E-state index in [1.165, 1.54) is 24.3 Å². The molecule has 0 spiro atoms. The molecule has 0 bridgehead atoms. The molecule has 0 radical (unpaired) electrons. The number of benzene rings is 2. The molecule has 174 valence electrons. The van der Waals surface area contributed by atoms with Gasteiger partial charge in [0, 0.05) is 32.7 Å². The molecule has 1 saturated heterocycles. The number of hydrogen-bond donors (Lipinski definition) is 0. The number of halogens is 2. The lowest BCUT2D eigenvalue weighted by Crippen LogP contribution is -2.50. The van der Waals surface area contributed by atoms with Crippen LogP contribution in [0.25, 0.3) is 0 Å². The molecule has 0 atom stereocenters. The molecule has 7 heteroatoms. The van der Waals surface area contributed by atoms with Gasteiger partial charge in [-0.2, -0.15) is 5.10 Å². The molecule has 0 unspecified atom stereocenters. The topological polar surface area (TPSA) is 41.4 Å². The molecule has 2 heterocycles. The fourth-order valence-electron chi connectivity index (χ4n) is 4.38. The van der Waals surface area contributed by atoms with Crippen LogP contribution in [0.4, 0.5) is 8.78 Å². The van der Waals surface area contributed by atoms with Crippen LogP contribution in [0.15, 0.2) is 54.6 Å². The summed E-state index contributed by atoms with van der Waals surface area (Å²) in [4.78, 5) is 17.4. The van der Waals surface area contributed by atoms with Gasteiger partial charge in [-0.3, -0.25) is 14.4 Å².